The van der Waals surface area contributed by atoms with Crippen LogP contribution in [0.3, 0.4) is 0 Å². The minimum Gasteiger partial charge on any atom is -0.324 e. The van der Waals surface area contributed by atoms with E-state index in [4.69, 9.17) is 0 Å². The minimum atomic E-state index is -3.88. The van der Waals surface area contributed by atoms with Crippen LogP contribution in [0.5, 0.6) is 0 Å². The lowest BCUT2D eigenvalue weighted by molar-refractivity contribution is -0.116. The fourth-order valence-electron chi connectivity index (χ4n) is 3.67. The van der Waals surface area contributed by atoms with Gasteiger partial charge in [0.05, 0.1) is 11.4 Å². The Morgan fingerprint density at radius 2 is 1.39 bits per heavy atom. The second-order valence-corrected chi connectivity index (χ2v) is 10.1. The minimum absolute atomic E-state index is 0.0967. The van der Waals surface area contributed by atoms with E-state index < -0.39 is 15.9 Å². The highest BCUT2D eigenvalue weighted by molar-refractivity contribution is 7.89. The summed E-state index contributed by atoms with van der Waals surface area (Å²) in [5.41, 5.74) is 3.52. The molecule has 0 spiro atoms. The molecule has 0 saturated carbocycles. The maximum Gasteiger partial charge on any atom is 0.243 e. The van der Waals surface area contributed by atoms with E-state index in [1.807, 2.05) is 80.6 Å². The smallest absolute Gasteiger partial charge is 0.243 e. The molecule has 0 atom stereocenters. The third-order valence-corrected chi connectivity index (χ3v) is 7.33. The van der Waals surface area contributed by atoms with Gasteiger partial charge in [-0.2, -0.15) is 4.31 Å². The summed E-state index contributed by atoms with van der Waals surface area (Å²) in [4.78, 5) is 13.2. The molecule has 1 amide bonds. The van der Waals surface area contributed by atoms with Crippen molar-refractivity contribution in [1.29, 1.82) is 0 Å². The standard InChI is InChI=1S/C27H26N2O3S/c1-20-10-14-22(15-11-20)18-29(33(31,32)24-16-12-21(2)13-17-24)19-27(30)28-26-9-5-7-23-6-3-4-8-25(23)26/h3-17H,18-19H2,1-2H3,(H,28,30). The Bertz CT molecular complexity index is 1370. The van der Waals surface area contributed by atoms with Gasteiger partial charge in [0.1, 0.15) is 0 Å². The number of nitrogens with zero attached hydrogens (tertiary/aromatic N) is 1. The average molecular weight is 459 g/mol. The zero-order valence-electron chi connectivity index (χ0n) is 18.7. The molecule has 1 N–H and O–H groups in total. The number of benzene rings is 4. The Morgan fingerprint density at radius 3 is 2.09 bits per heavy atom. The number of nitrogens with one attached hydrogen (secondary N) is 1. The number of carbonyl (C=O) groups is 1. The number of carbonyl (C=O) groups excluding carboxylic acids is 1. The SMILES string of the molecule is Cc1ccc(CN(CC(=O)Nc2cccc3ccccc23)S(=O)(=O)c2ccc(C)cc2)cc1. The summed E-state index contributed by atoms with van der Waals surface area (Å²) in [5.74, 6) is -0.394. The quantitative estimate of drug-likeness (QED) is 0.409. The van der Waals surface area contributed by atoms with Gasteiger partial charge in [0.25, 0.3) is 0 Å². The molecule has 33 heavy (non-hydrogen) atoms. The number of amides is 1. The molecular formula is C27H26N2O3S. The van der Waals surface area contributed by atoms with Gasteiger partial charge in [-0.25, -0.2) is 8.42 Å². The zero-order valence-corrected chi connectivity index (χ0v) is 19.5. The Balaban J connectivity index is 1.63. The largest absolute Gasteiger partial charge is 0.324 e. The first-order valence-corrected chi connectivity index (χ1v) is 12.2. The average Bonchev–Trinajstić information content (AvgIpc) is 2.80. The molecule has 4 aromatic rings. The monoisotopic (exact) mass is 458 g/mol. The van der Waals surface area contributed by atoms with Gasteiger partial charge in [0.2, 0.25) is 15.9 Å². The molecule has 4 rings (SSSR count). The first-order chi connectivity index (χ1) is 15.8. The third-order valence-electron chi connectivity index (χ3n) is 5.52. The fourth-order valence-corrected chi connectivity index (χ4v) is 5.05. The van der Waals surface area contributed by atoms with Gasteiger partial charge in [-0.05, 0) is 43.0 Å². The van der Waals surface area contributed by atoms with E-state index in [9.17, 15) is 13.2 Å². The topological polar surface area (TPSA) is 66.5 Å². The van der Waals surface area contributed by atoms with Gasteiger partial charge in [-0.15, -0.1) is 0 Å². The second kappa shape index (κ2) is 9.57. The Hall–Kier alpha value is -3.48. The highest BCUT2D eigenvalue weighted by atomic mass is 32.2. The molecule has 0 unspecified atom stereocenters. The van der Waals surface area contributed by atoms with Crippen molar-refractivity contribution in [2.75, 3.05) is 11.9 Å². The second-order valence-electron chi connectivity index (χ2n) is 8.15. The van der Waals surface area contributed by atoms with Crippen LogP contribution in [-0.2, 0) is 21.4 Å². The van der Waals surface area contributed by atoms with Crippen LogP contribution in [0.15, 0.2) is 95.9 Å². The van der Waals surface area contributed by atoms with Crippen molar-refractivity contribution in [1.82, 2.24) is 4.31 Å². The summed E-state index contributed by atoms with van der Waals surface area (Å²) in [5, 5.41) is 4.80. The normalized spacial score (nSPS) is 11.6. The highest BCUT2D eigenvalue weighted by Crippen LogP contribution is 2.24. The van der Waals surface area contributed by atoms with E-state index in [0.717, 1.165) is 27.5 Å². The van der Waals surface area contributed by atoms with E-state index in [1.54, 1.807) is 24.3 Å². The van der Waals surface area contributed by atoms with Crippen LogP contribution >= 0.6 is 0 Å². The van der Waals surface area contributed by atoms with Crippen molar-refractivity contribution in [2.45, 2.75) is 25.3 Å². The molecule has 0 saturated heterocycles. The molecule has 0 radical (unpaired) electrons. The van der Waals surface area contributed by atoms with E-state index in [-0.39, 0.29) is 18.0 Å². The first kappa shape index (κ1) is 22.7. The third kappa shape index (κ3) is 5.30. The van der Waals surface area contributed by atoms with Crippen molar-refractivity contribution < 1.29 is 13.2 Å². The number of hydrogen-bond acceptors (Lipinski definition) is 3. The van der Waals surface area contributed by atoms with E-state index in [1.165, 1.54) is 4.31 Å². The number of rotatable bonds is 7. The molecule has 0 heterocycles. The predicted octanol–water partition coefficient (Wildman–Crippen LogP) is 5.29. The molecule has 5 nitrogen and oxygen atoms in total. The van der Waals surface area contributed by atoms with Crippen LogP contribution in [0, 0.1) is 13.8 Å². The predicted molar refractivity (Wildman–Crippen MR) is 133 cm³/mol. The number of sulfonamides is 1. The maximum absolute atomic E-state index is 13.5. The van der Waals surface area contributed by atoms with Gasteiger partial charge in [-0.1, -0.05) is 83.9 Å². The Labute approximate surface area is 194 Å². The lowest BCUT2D eigenvalue weighted by atomic mass is 10.1. The summed E-state index contributed by atoms with van der Waals surface area (Å²) in [6.45, 7) is 3.67. The van der Waals surface area contributed by atoms with Gasteiger partial charge in [-0.3, -0.25) is 4.79 Å². The van der Waals surface area contributed by atoms with E-state index >= 15 is 0 Å². The van der Waals surface area contributed by atoms with Gasteiger partial charge in [0.15, 0.2) is 0 Å². The molecule has 0 aliphatic heterocycles. The summed E-state index contributed by atoms with van der Waals surface area (Å²) < 4.78 is 28.1. The van der Waals surface area contributed by atoms with Crippen LogP contribution in [0.4, 0.5) is 5.69 Å². The molecule has 0 aliphatic carbocycles. The number of anilines is 1. The molecule has 4 aromatic carbocycles. The summed E-state index contributed by atoms with van der Waals surface area (Å²) >= 11 is 0. The molecule has 6 heteroatoms. The Kier molecular flexibility index (Phi) is 6.58. The van der Waals surface area contributed by atoms with Crippen LogP contribution in [0.25, 0.3) is 10.8 Å². The zero-order chi connectivity index (χ0) is 23.4. The number of aryl methyl sites for hydroxylation is 2. The molecule has 0 fully saturated rings. The maximum atomic E-state index is 13.5. The lowest BCUT2D eigenvalue weighted by Crippen LogP contribution is -2.37. The molecule has 0 aromatic heterocycles. The molecule has 0 bridgehead atoms. The van der Waals surface area contributed by atoms with Crippen LogP contribution < -0.4 is 5.32 Å². The van der Waals surface area contributed by atoms with E-state index in [2.05, 4.69) is 5.32 Å². The number of hydrogen-bond donors (Lipinski definition) is 1. The summed E-state index contributed by atoms with van der Waals surface area (Å²) in [6, 6.07) is 27.7. The fraction of sp³-hybridized carbons (Fsp3) is 0.148. The van der Waals surface area contributed by atoms with Crippen molar-refractivity contribution in [3.05, 3.63) is 108 Å². The Morgan fingerprint density at radius 1 is 0.788 bits per heavy atom. The highest BCUT2D eigenvalue weighted by Gasteiger charge is 2.27. The van der Waals surface area contributed by atoms with Gasteiger partial charge >= 0.3 is 0 Å². The van der Waals surface area contributed by atoms with Crippen molar-refractivity contribution in [2.24, 2.45) is 0 Å². The van der Waals surface area contributed by atoms with E-state index in [0.29, 0.717) is 5.69 Å². The van der Waals surface area contributed by atoms with Crippen molar-refractivity contribution in [3.63, 3.8) is 0 Å². The van der Waals surface area contributed by atoms with Gasteiger partial charge < -0.3 is 5.32 Å². The number of fused-ring (bicyclic) bond motifs is 1. The van der Waals surface area contributed by atoms with Crippen molar-refractivity contribution >= 4 is 32.4 Å². The summed E-state index contributed by atoms with van der Waals surface area (Å²) in [7, 11) is -3.88. The van der Waals surface area contributed by atoms with Gasteiger partial charge in [0, 0.05) is 17.6 Å². The van der Waals surface area contributed by atoms with Crippen LogP contribution in [0.1, 0.15) is 16.7 Å². The first-order valence-electron chi connectivity index (χ1n) is 10.7. The molecular weight excluding hydrogens is 432 g/mol. The molecule has 168 valence electrons. The lowest BCUT2D eigenvalue weighted by Gasteiger charge is -2.22. The van der Waals surface area contributed by atoms with Crippen LogP contribution in [0.2, 0.25) is 0 Å². The van der Waals surface area contributed by atoms with Crippen LogP contribution in [-0.4, -0.2) is 25.2 Å². The van der Waals surface area contributed by atoms with Crippen molar-refractivity contribution in [3.8, 4) is 0 Å². The molecule has 0 aliphatic rings. The summed E-state index contributed by atoms with van der Waals surface area (Å²) in [6.07, 6.45) is 0.